The second-order valence-electron chi connectivity index (χ2n) is 30.6. The first-order valence-corrected chi connectivity index (χ1v) is 45.9. The average molecular weight is 1440 g/mol. The largest absolute Gasteiger partial charge is 0.464 e. The Morgan fingerprint density at radius 2 is 0.667 bits per heavy atom. The number of hydrogen-bond acceptors (Lipinski definition) is 14. The van der Waals surface area contributed by atoms with Crippen LogP contribution in [0.4, 0.5) is 0 Å². The Bertz CT molecular complexity index is 1650. The van der Waals surface area contributed by atoms with Crippen LogP contribution < -0.4 is 0 Å². The maximum absolute atomic E-state index is 13.1. The zero-order valence-corrected chi connectivity index (χ0v) is 67.9. The van der Waals surface area contributed by atoms with E-state index in [1.54, 1.807) is 0 Å². The predicted molar refractivity (Wildman–Crippen MR) is 432 cm³/mol. The third kappa shape index (κ3) is 67.4. The van der Waals surface area contributed by atoms with E-state index in [2.05, 4.69) is 66.4 Å². The summed E-state index contributed by atoms with van der Waals surface area (Å²) in [5, 5.41) is 44.7. The molecule has 0 saturated carbocycles. The number of carbonyl (C=O) groups is 2. The third-order valence-electron chi connectivity index (χ3n) is 20.7. The molecule has 1 rings (SSSR count). The average Bonchev–Trinajstić information content (AvgIpc) is 1.55. The van der Waals surface area contributed by atoms with Crippen molar-refractivity contribution in [2.24, 2.45) is 0 Å². The molecule has 0 aromatic rings. The van der Waals surface area contributed by atoms with Crippen molar-refractivity contribution in [3.8, 4) is 0 Å². The SMILES string of the molecule is CCCCCCCC/C=C\CCCCCCC(O)CN(CCCCSSCCCCN1CCN(CCOC(=O)CCCN(CC(O)CCCCCCCCCC)CC(O)CCCCCCCCCC)CC1)CC(O)CCCCCC(=O)OC(CCCCCCCC)CCCCCCCC. The van der Waals surface area contributed by atoms with Crippen molar-refractivity contribution in [3.63, 3.8) is 0 Å². The van der Waals surface area contributed by atoms with Gasteiger partial charge in [0.25, 0.3) is 0 Å². The molecular formula is C85H168N4O8S2. The van der Waals surface area contributed by atoms with Gasteiger partial charge in [-0.05, 0) is 135 Å². The highest BCUT2D eigenvalue weighted by Gasteiger charge is 2.21. The molecule has 588 valence electrons. The molecular weight excluding hydrogens is 1270 g/mol. The van der Waals surface area contributed by atoms with E-state index in [9.17, 15) is 30.0 Å². The van der Waals surface area contributed by atoms with Gasteiger partial charge in [0, 0.05) is 83.3 Å². The minimum atomic E-state index is -0.440. The van der Waals surface area contributed by atoms with Crippen LogP contribution in [0.3, 0.4) is 0 Å². The Kier molecular flexibility index (Phi) is 73.1. The standard InChI is InChI=1S/C85H168N4O8S2/c1-6-11-16-21-26-29-30-31-32-33-34-37-40-46-56-79(90)75-88(76-82(93)59-47-43-50-62-85(95)97-83(60-48-41-24-19-14-9-4)61-49-42-25-20-15-10-5)65-52-54-74-99-98-73-53-51-64-86-67-69-87(70-68-86)71-72-96-84(94)63-55-66-89(77-80(91)57-44-38-35-27-22-17-12-7-2)78-81(92)58-45-39-36-28-23-18-13-8-3/h31-32,79-83,90-93H,6-30,33-78H2,1-5H3/b32-31-. The van der Waals surface area contributed by atoms with Crippen molar-refractivity contribution in [1.82, 2.24) is 19.6 Å². The Labute approximate surface area is 622 Å². The van der Waals surface area contributed by atoms with Crippen molar-refractivity contribution in [2.45, 2.75) is 425 Å². The molecule has 0 aromatic heterocycles. The molecule has 12 nitrogen and oxygen atoms in total. The van der Waals surface area contributed by atoms with Gasteiger partial charge in [-0.2, -0.15) is 0 Å². The third-order valence-corrected chi connectivity index (χ3v) is 23.2. The van der Waals surface area contributed by atoms with E-state index >= 15 is 0 Å². The Morgan fingerprint density at radius 3 is 1.06 bits per heavy atom. The fourth-order valence-corrected chi connectivity index (χ4v) is 16.5. The summed E-state index contributed by atoms with van der Waals surface area (Å²) in [6.45, 7) is 21.7. The van der Waals surface area contributed by atoms with E-state index in [-0.39, 0.29) is 24.1 Å². The molecule has 4 atom stereocenters. The van der Waals surface area contributed by atoms with Gasteiger partial charge in [-0.3, -0.25) is 24.3 Å². The van der Waals surface area contributed by atoms with Gasteiger partial charge in [0.1, 0.15) is 12.7 Å². The van der Waals surface area contributed by atoms with Crippen LogP contribution in [0.1, 0.15) is 394 Å². The summed E-state index contributed by atoms with van der Waals surface area (Å²) < 4.78 is 11.9. The molecule has 1 saturated heterocycles. The number of allylic oxidation sites excluding steroid dienone is 2. The summed E-state index contributed by atoms with van der Waals surface area (Å²) in [6.07, 6.45) is 67.3. The fraction of sp³-hybridized carbons (Fsp3) is 0.953. The second kappa shape index (κ2) is 75.3. The molecule has 0 aliphatic carbocycles. The van der Waals surface area contributed by atoms with Gasteiger partial charge in [-0.25, -0.2) is 0 Å². The van der Waals surface area contributed by atoms with Crippen LogP contribution in [-0.2, 0) is 19.1 Å². The van der Waals surface area contributed by atoms with Gasteiger partial charge in [0.2, 0.25) is 0 Å². The van der Waals surface area contributed by atoms with Crippen LogP contribution in [-0.4, -0.2) is 179 Å². The normalized spacial score (nSPS) is 14.6. The van der Waals surface area contributed by atoms with Crippen LogP contribution in [0.2, 0.25) is 0 Å². The highest BCUT2D eigenvalue weighted by molar-refractivity contribution is 8.76. The van der Waals surface area contributed by atoms with Crippen LogP contribution >= 0.6 is 21.6 Å². The van der Waals surface area contributed by atoms with E-state index < -0.39 is 18.3 Å². The van der Waals surface area contributed by atoms with E-state index in [1.165, 1.54) is 225 Å². The number of esters is 2. The lowest BCUT2D eigenvalue weighted by Crippen LogP contribution is -2.47. The van der Waals surface area contributed by atoms with Gasteiger partial charge in [0.05, 0.1) is 24.4 Å². The maximum atomic E-state index is 13.1. The zero-order valence-electron chi connectivity index (χ0n) is 66.3. The quantitative estimate of drug-likeness (QED) is 0.0198. The molecule has 99 heavy (non-hydrogen) atoms. The summed E-state index contributed by atoms with van der Waals surface area (Å²) >= 11 is 0. The summed E-state index contributed by atoms with van der Waals surface area (Å²) in [5.74, 6) is 2.09. The topological polar surface area (TPSA) is 146 Å². The minimum absolute atomic E-state index is 0.0397. The molecule has 1 heterocycles. The number of aliphatic hydroxyl groups excluding tert-OH is 4. The van der Waals surface area contributed by atoms with E-state index in [0.717, 1.165) is 173 Å². The van der Waals surface area contributed by atoms with Crippen molar-refractivity contribution in [3.05, 3.63) is 12.2 Å². The first-order chi connectivity index (χ1) is 48.5. The van der Waals surface area contributed by atoms with Crippen molar-refractivity contribution in [1.29, 1.82) is 0 Å². The van der Waals surface area contributed by atoms with Gasteiger partial charge >= 0.3 is 11.9 Å². The monoisotopic (exact) mass is 1440 g/mol. The molecule has 0 amide bonds. The maximum Gasteiger partial charge on any atom is 0.306 e. The van der Waals surface area contributed by atoms with Gasteiger partial charge in [0.15, 0.2) is 0 Å². The molecule has 4 N–H and O–H groups in total. The van der Waals surface area contributed by atoms with Crippen LogP contribution in [0, 0.1) is 0 Å². The number of hydrogen-bond donors (Lipinski definition) is 4. The van der Waals surface area contributed by atoms with E-state index in [0.29, 0.717) is 58.6 Å². The lowest BCUT2D eigenvalue weighted by Gasteiger charge is -2.34. The number of carbonyl (C=O) groups excluding carboxylic acids is 2. The molecule has 0 radical (unpaired) electrons. The number of unbranched alkanes of at least 4 members (excludes halogenated alkanes) is 38. The lowest BCUT2D eigenvalue weighted by atomic mass is 10.0. The highest BCUT2D eigenvalue weighted by Crippen LogP contribution is 2.25. The molecule has 1 aliphatic rings. The van der Waals surface area contributed by atoms with Crippen LogP contribution in [0.25, 0.3) is 0 Å². The number of nitrogens with zero attached hydrogens (tertiary/aromatic N) is 4. The Balaban J connectivity index is 2.47. The molecule has 0 spiro atoms. The van der Waals surface area contributed by atoms with E-state index in [4.69, 9.17) is 9.47 Å². The minimum Gasteiger partial charge on any atom is -0.464 e. The first kappa shape index (κ1) is 96.1. The number of aliphatic hydroxyl groups is 4. The van der Waals surface area contributed by atoms with Crippen LogP contribution in [0.15, 0.2) is 12.2 Å². The molecule has 1 fully saturated rings. The summed E-state index contributed by atoms with van der Waals surface area (Å²) in [5.41, 5.74) is 0. The van der Waals surface area contributed by atoms with Crippen molar-refractivity contribution < 1.29 is 39.5 Å². The van der Waals surface area contributed by atoms with Gasteiger partial charge in [-0.15, -0.1) is 0 Å². The molecule has 0 aromatic carbocycles. The summed E-state index contributed by atoms with van der Waals surface area (Å²) in [7, 11) is 4.00. The van der Waals surface area contributed by atoms with Gasteiger partial charge in [-0.1, -0.05) is 300 Å². The van der Waals surface area contributed by atoms with Gasteiger partial charge < -0.3 is 34.8 Å². The number of ether oxygens (including phenoxy) is 2. The van der Waals surface area contributed by atoms with Crippen molar-refractivity contribution in [2.75, 3.05) is 96.6 Å². The van der Waals surface area contributed by atoms with Crippen LogP contribution in [0.5, 0.6) is 0 Å². The first-order valence-electron chi connectivity index (χ1n) is 43.4. The Hall–Kier alpha value is -0.940. The summed E-state index contributed by atoms with van der Waals surface area (Å²) in [4.78, 5) is 35.5. The highest BCUT2D eigenvalue weighted by atomic mass is 33.1. The number of rotatable bonds is 79. The fourth-order valence-electron chi connectivity index (χ4n) is 14.2. The molecule has 1 aliphatic heterocycles. The molecule has 0 bridgehead atoms. The number of piperazine rings is 1. The predicted octanol–water partition coefficient (Wildman–Crippen LogP) is 22.0. The summed E-state index contributed by atoms with van der Waals surface area (Å²) in [6, 6.07) is 0. The van der Waals surface area contributed by atoms with Crippen molar-refractivity contribution >= 4 is 33.5 Å². The smallest absolute Gasteiger partial charge is 0.306 e. The molecule has 14 heteroatoms. The Morgan fingerprint density at radius 1 is 0.354 bits per heavy atom. The van der Waals surface area contributed by atoms with E-state index in [1.807, 2.05) is 21.6 Å². The second-order valence-corrected chi connectivity index (χ2v) is 33.3. The molecule has 4 unspecified atom stereocenters. The lowest BCUT2D eigenvalue weighted by molar-refractivity contribution is -0.150. The zero-order chi connectivity index (χ0) is 71.8.